The standard InChI is InChI=1S/C14H18N2O2S/c1-13(2,3)19(17)16-14(9-18-10-14)12-6-4-11(8-15)5-7-12/h4-7,16H,9-10H2,1-3H3. The largest absolute Gasteiger partial charge is 0.377 e. The first kappa shape index (κ1) is 14.2. The molecular formula is C14H18N2O2S. The first-order chi connectivity index (χ1) is 8.87. The normalized spacial score (nSPS) is 19.3. The fourth-order valence-electron chi connectivity index (χ4n) is 1.79. The van der Waals surface area contributed by atoms with E-state index in [4.69, 9.17) is 10.00 Å². The zero-order chi connectivity index (χ0) is 14.1. The van der Waals surface area contributed by atoms with Gasteiger partial charge in [0.05, 0.1) is 40.6 Å². The summed E-state index contributed by atoms with van der Waals surface area (Å²) < 4.78 is 20.4. The maximum Gasteiger partial charge on any atom is 0.102 e. The molecule has 0 aliphatic carbocycles. The van der Waals surface area contributed by atoms with Gasteiger partial charge in [-0.1, -0.05) is 12.1 Å². The number of nitriles is 1. The molecule has 0 aromatic heterocycles. The Morgan fingerprint density at radius 1 is 1.32 bits per heavy atom. The van der Waals surface area contributed by atoms with E-state index in [0.29, 0.717) is 18.8 Å². The predicted octanol–water partition coefficient (Wildman–Crippen LogP) is 1.84. The lowest BCUT2D eigenvalue weighted by Gasteiger charge is -2.43. The van der Waals surface area contributed by atoms with Gasteiger partial charge in [-0.3, -0.25) is 0 Å². The van der Waals surface area contributed by atoms with E-state index >= 15 is 0 Å². The van der Waals surface area contributed by atoms with Crippen molar-refractivity contribution in [3.63, 3.8) is 0 Å². The van der Waals surface area contributed by atoms with E-state index in [1.807, 2.05) is 32.9 Å². The molecule has 1 aliphatic heterocycles. The Balaban J connectivity index is 2.23. The van der Waals surface area contributed by atoms with Gasteiger partial charge in [-0.2, -0.15) is 5.26 Å². The van der Waals surface area contributed by atoms with Crippen LogP contribution >= 0.6 is 0 Å². The molecule has 0 saturated carbocycles. The maximum atomic E-state index is 12.3. The fourth-order valence-corrected chi connectivity index (χ4v) is 2.68. The summed E-state index contributed by atoms with van der Waals surface area (Å²) in [5.74, 6) is 0. The second kappa shape index (κ2) is 5.04. The summed E-state index contributed by atoms with van der Waals surface area (Å²) >= 11 is 0. The molecule has 0 spiro atoms. The van der Waals surface area contributed by atoms with Crippen LogP contribution in [0.15, 0.2) is 24.3 Å². The summed E-state index contributed by atoms with van der Waals surface area (Å²) in [6, 6.07) is 9.44. The Hall–Kier alpha value is -1.22. The van der Waals surface area contributed by atoms with Crippen molar-refractivity contribution in [1.82, 2.24) is 4.72 Å². The van der Waals surface area contributed by atoms with Crippen molar-refractivity contribution in [2.75, 3.05) is 13.2 Å². The van der Waals surface area contributed by atoms with Gasteiger partial charge in [0.2, 0.25) is 0 Å². The summed E-state index contributed by atoms with van der Waals surface area (Å²) in [7, 11) is -1.16. The van der Waals surface area contributed by atoms with Crippen molar-refractivity contribution in [1.29, 1.82) is 5.26 Å². The van der Waals surface area contributed by atoms with E-state index in [1.165, 1.54) is 0 Å². The molecule has 0 radical (unpaired) electrons. The Morgan fingerprint density at radius 3 is 2.26 bits per heavy atom. The zero-order valence-corrected chi connectivity index (χ0v) is 12.2. The van der Waals surface area contributed by atoms with E-state index in [1.54, 1.807) is 12.1 Å². The van der Waals surface area contributed by atoms with Crippen molar-refractivity contribution in [3.8, 4) is 6.07 Å². The van der Waals surface area contributed by atoms with Gasteiger partial charge in [0.15, 0.2) is 0 Å². The number of benzene rings is 1. The van der Waals surface area contributed by atoms with Gasteiger partial charge in [-0.25, -0.2) is 8.93 Å². The van der Waals surface area contributed by atoms with Crippen LogP contribution in [0, 0.1) is 11.3 Å². The molecule has 0 amide bonds. The van der Waals surface area contributed by atoms with Gasteiger partial charge in [0.1, 0.15) is 5.54 Å². The Kier molecular flexibility index (Phi) is 3.77. The fraction of sp³-hybridized carbons (Fsp3) is 0.500. The number of rotatable bonds is 3. The summed E-state index contributed by atoms with van der Waals surface area (Å²) in [4.78, 5) is 0. The van der Waals surface area contributed by atoms with E-state index in [9.17, 15) is 4.21 Å². The van der Waals surface area contributed by atoms with E-state index in [-0.39, 0.29) is 4.75 Å². The van der Waals surface area contributed by atoms with Crippen LogP contribution in [0.4, 0.5) is 0 Å². The topological polar surface area (TPSA) is 62.1 Å². The van der Waals surface area contributed by atoms with Crippen LogP contribution in [0.3, 0.4) is 0 Å². The minimum absolute atomic E-state index is 0.324. The third kappa shape index (κ3) is 2.86. The molecule has 1 aromatic carbocycles. The van der Waals surface area contributed by atoms with Gasteiger partial charge >= 0.3 is 0 Å². The molecule has 1 unspecified atom stereocenters. The smallest absolute Gasteiger partial charge is 0.102 e. The third-order valence-corrected chi connectivity index (χ3v) is 4.80. The van der Waals surface area contributed by atoms with Crippen molar-refractivity contribution < 1.29 is 8.95 Å². The Labute approximate surface area is 116 Å². The first-order valence-corrected chi connectivity index (χ1v) is 7.30. The third-order valence-electron chi connectivity index (χ3n) is 3.11. The van der Waals surface area contributed by atoms with Gasteiger partial charge in [0, 0.05) is 0 Å². The zero-order valence-electron chi connectivity index (χ0n) is 11.4. The molecule has 1 atom stereocenters. The highest BCUT2D eigenvalue weighted by Gasteiger charge is 2.43. The van der Waals surface area contributed by atoms with Crippen LogP contribution in [0.1, 0.15) is 31.9 Å². The van der Waals surface area contributed by atoms with E-state index in [2.05, 4.69) is 10.8 Å². The van der Waals surface area contributed by atoms with Crippen LogP contribution < -0.4 is 4.72 Å². The van der Waals surface area contributed by atoms with Crippen LogP contribution in [0.25, 0.3) is 0 Å². The Morgan fingerprint density at radius 2 is 1.89 bits per heavy atom. The van der Waals surface area contributed by atoms with Gasteiger partial charge < -0.3 is 4.74 Å². The molecular weight excluding hydrogens is 260 g/mol. The van der Waals surface area contributed by atoms with Crippen molar-refractivity contribution >= 4 is 11.0 Å². The van der Waals surface area contributed by atoms with Crippen molar-refractivity contribution in [2.24, 2.45) is 0 Å². The monoisotopic (exact) mass is 278 g/mol. The quantitative estimate of drug-likeness (QED) is 0.917. The first-order valence-electron chi connectivity index (χ1n) is 6.15. The molecule has 19 heavy (non-hydrogen) atoms. The molecule has 1 aromatic rings. The highest BCUT2D eigenvalue weighted by molar-refractivity contribution is 7.84. The molecule has 5 heteroatoms. The predicted molar refractivity (Wildman–Crippen MR) is 74.7 cm³/mol. The van der Waals surface area contributed by atoms with Crippen LogP contribution in [-0.2, 0) is 21.3 Å². The number of nitrogens with one attached hydrogen (secondary N) is 1. The molecule has 0 bridgehead atoms. The summed E-state index contributed by atoms with van der Waals surface area (Å²) in [5, 5.41) is 8.82. The lowest BCUT2D eigenvalue weighted by atomic mass is 9.89. The van der Waals surface area contributed by atoms with Crippen LogP contribution in [-0.4, -0.2) is 22.2 Å². The number of hydrogen-bond donors (Lipinski definition) is 1. The minimum atomic E-state index is -1.16. The molecule has 1 heterocycles. The summed E-state index contributed by atoms with van der Waals surface area (Å²) in [5.41, 5.74) is 1.23. The number of hydrogen-bond acceptors (Lipinski definition) is 3. The lowest BCUT2D eigenvalue weighted by Crippen LogP contribution is -2.59. The second-order valence-corrected chi connectivity index (χ2v) is 7.71. The second-order valence-electron chi connectivity index (χ2n) is 5.75. The Bertz CT molecular complexity index is 522. The van der Waals surface area contributed by atoms with E-state index in [0.717, 1.165) is 5.56 Å². The molecule has 1 N–H and O–H groups in total. The summed E-state index contributed by atoms with van der Waals surface area (Å²) in [6.07, 6.45) is 0. The van der Waals surface area contributed by atoms with Crippen molar-refractivity contribution in [2.45, 2.75) is 31.1 Å². The maximum absolute atomic E-state index is 12.3. The number of ether oxygens (including phenoxy) is 1. The van der Waals surface area contributed by atoms with Crippen LogP contribution in [0.5, 0.6) is 0 Å². The highest BCUT2D eigenvalue weighted by Crippen LogP contribution is 2.31. The van der Waals surface area contributed by atoms with E-state index < -0.39 is 16.5 Å². The molecule has 2 rings (SSSR count). The molecule has 1 fully saturated rings. The average Bonchev–Trinajstić information content (AvgIpc) is 2.32. The molecule has 4 nitrogen and oxygen atoms in total. The average molecular weight is 278 g/mol. The lowest BCUT2D eigenvalue weighted by molar-refractivity contribution is -0.0659. The number of nitrogens with zero attached hydrogens (tertiary/aromatic N) is 1. The van der Waals surface area contributed by atoms with Gasteiger partial charge in [0.25, 0.3) is 0 Å². The highest BCUT2D eigenvalue weighted by atomic mass is 32.2. The van der Waals surface area contributed by atoms with Crippen LogP contribution in [0.2, 0.25) is 0 Å². The molecule has 1 saturated heterocycles. The summed E-state index contributed by atoms with van der Waals surface area (Å²) in [6.45, 7) is 6.80. The molecule has 1 aliphatic rings. The van der Waals surface area contributed by atoms with Gasteiger partial charge in [-0.15, -0.1) is 0 Å². The minimum Gasteiger partial charge on any atom is -0.377 e. The van der Waals surface area contributed by atoms with Crippen molar-refractivity contribution in [3.05, 3.63) is 35.4 Å². The van der Waals surface area contributed by atoms with Gasteiger partial charge in [-0.05, 0) is 38.5 Å². The SMILES string of the molecule is CC(C)(C)S(=O)NC1(c2ccc(C#N)cc2)COC1. The molecule has 102 valence electrons.